The van der Waals surface area contributed by atoms with Crippen molar-refractivity contribution in [3.63, 3.8) is 0 Å². The van der Waals surface area contributed by atoms with Crippen LogP contribution in [-0.2, 0) is 4.79 Å². The van der Waals surface area contributed by atoms with E-state index in [4.69, 9.17) is 4.74 Å². The summed E-state index contributed by atoms with van der Waals surface area (Å²) in [6.07, 6.45) is 2.43. The molecule has 144 valence electrons. The first-order valence-corrected chi connectivity index (χ1v) is 10.9. The van der Waals surface area contributed by atoms with Gasteiger partial charge >= 0.3 is 0 Å². The number of para-hydroxylation sites is 1. The summed E-state index contributed by atoms with van der Waals surface area (Å²) in [5.74, 6) is 2.51. The molecule has 0 radical (unpaired) electrons. The van der Waals surface area contributed by atoms with Crippen molar-refractivity contribution >= 4 is 34.3 Å². The molecular formula is C20H20N4O2S2. The van der Waals surface area contributed by atoms with Crippen LogP contribution in [-0.4, -0.2) is 33.6 Å². The van der Waals surface area contributed by atoms with Gasteiger partial charge in [-0.25, -0.2) is 4.98 Å². The van der Waals surface area contributed by atoms with E-state index in [9.17, 15) is 4.79 Å². The van der Waals surface area contributed by atoms with Crippen LogP contribution in [0.5, 0.6) is 11.5 Å². The Balaban J connectivity index is 1.36. The van der Waals surface area contributed by atoms with Crippen molar-refractivity contribution in [3.05, 3.63) is 66.5 Å². The minimum absolute atomic E-state index is 0.0447. The molecule has 1 aliphatic rings. The zero-order valence-electron chi connectivity index (χ0n) is 15.1. The van der Waals surface area contributed by atoms with E-state index >= 15 is 0 Å². The monoisotopic (exact) mass is 412 g/mol. The second-order valence-electron chi connectivity index (χ2n) is 6.36. The predicted octanol–water partition coefficient (Wildman–Crippen LogP) is 4.11. The average Bonchev–Trinajstić information content (AvgIpc) is 3.17. The average molecular weight is 413 g/mol. The molecule has 0 bridgehead atoms. The van der Waals surface area contributed by atoms with Gasteiger partial charge in [0.2, 0.25) is 11.0 Å². The van der Waals surface area contributed by atoms with E-state index in [-0.39, 0.29) is 17.2 Å². The molecule has 1 aromatic heterocycles. The summed E-state index contributed by atoms with van der Waals surface area (Å²) in [6.45, 7) is 0.651. The molecule has 1 fully saturated rings. The number of hydrogen-bond donors (Lipinski definition) is 2. The van der Waals surface area contributed by atoms with Gasteiger partial charge in [-0.1, -0.05) is 30.3 Å². The fourth-order valence-electron chi connectivity index (χ4n) is 2.95. The lowest BCUT2D eigenvalue weighted by molar-refractivity contribution is -0.121. The van der Waals surface area contributed by atoms with Crippen LogP contribution in [0, 0.1) is 0 Å². The molecule has 2 aromatic carbocycles. The second-order valence-corrected chi connectivity index (χ2v) is 8.35. The van der Waals surface area contributed by atoms with Gasteiger partial charge in [0.15, 0.2) is 0 Å². The van der Waals surface area contributed by atoms with Crippen LogP contribution in [0.3, 0.4) is 0 Å². The molecule has 4 rings (SSSR count). The van der Waals surface area contributed by atoms with Crippen molar-refractivity contribution in [1.29, 1.82) is 0 Å². The Kier molecular flexibility index (Phi) is 6.08. The highest BCUT2D eigenvalue weighted by atomic mass is 32.2. The molecule has 0 aliphatic carbocycles. The summed E-state index contributed by atoms with van der Waals surface area (Å²) in [5.41, 5.74) is 0.987. The highest BCUT2D eigenvalue weighted by Gasteiger charge is 2.27. The zero-order chi connectivity index (χ0) is 19.2. The van der Waals surface area contributed by atoms with Crippen LogP contribution in [0.25, 0.3) is 0 Å². The topological polar surface area (TPSA) is 76.1 Å². The highest BCUT2D eigenvalue weighted by Crippen LogP contribution is 2.33. The number of aromatic nitrogens is 2. The smallest absolute Gasteiger partial charge is 0.237 e. The first kappa shape index (κ1) is 18.8. The maximum atomic E-state index is 12.7. The molecule has 2 atom stereocenters. The first-order valence-electron chi connectivity index (χ1n) is 9.03. The Labute approximate surface area is 171 Å². The van der Waals surface area contributed by atoms with Crippen LogP contribution in [0.2, 0.25) is 0 Å². The SMILES string of the molecule is O=C1N[C@H](CNc2ncns2)CCS[C@@H]1c1ccc(Oc2ccccc2)cc1. The Hall–Kier alpha value is -2.58. The molecule has 0 saturated carbocycles. The van der Waals surface area contributed by atoms with E-state index in [2.05, 4.69) is 20.0 Å². The zero-order valence-corrected chi connectivity index (χ0v) is 16.7. The Morgan fingerprint density at radius 2 is 1.89 bits per heavy atom. The van der Waals surface area contributed by atoms with Crippen molar-refractivity contribution in [2.24, 2.45) is 0 Å². The standard InChI is InChI=1S/C20H20N4O2S2/c25-19-18(27-11-10-15(24-19)12-21-20-22-13-23-28-20)14-6-8-17(9-7-14)26-16-4-2-1-3-5-16/h1-9,13,15,18H,10-12H2,(H,24,25)(H,21,22,23)/t15-,18+/m0/s1. The number of amides is 1. The van der Waals surface area contributed by atoms with Gasteiger partial charge < -0.3 is 15.4 Å². The molecule has 1 saturated heterocycles. The number of hydrogen-bond acceptors (Lipinski definition) is 7. The number of thioether (sulfide) groups is 1. The van der Waals surface area contributed by atoms with Gasteiger partial charge in [0, 0.05) is 24.1 Å². The van der Waals surface area contributed by atoms with Gasteiger partial charge in [0.1, 0.15) is 23.1 Å². The number of rotatable bonds is 6. The third kappa shape index (κ3) is 4.82. The number of carbonyl (C=O) groups excluding carboxylic acids is 1. The summed E-state index contributed by atoms with van der Waals surface area (Å²) in [5, 5.41) is 6.94. The normalized spacial score (nSPS) is 19.5. The number of anilines is 1. The van der Waals surface area contributed by atoms with Crippen molar-refractivity contribution in [2.45, 2.75) is 17.7 Å². The van der Waals surface area contributed by atoms with E-state index < -0.39 is 0 Å². The summed E-state index contributed by atoms with van der Waals surface area (Å²) in [6, 6.07) is 17.5. The summed E-state index contributed by atoms with van der Waals surface area (Å²) in [7, 11) is 0. The number of benzene rings is 2. The first-order chi connectivity index (χ1) is 13.8. The molecule has 1 amide bonds. The van der Waals surface area contributed by atoms with Gasteiger partial charge in [-0.15, -0.1) is 11.8 Å². The van der Waals surface area contributed by atoms with Gasteiger partial charge in [0.25, 0.3) is 0 Å². The fourth-order valence-corrected chi connectivity index (χ4v) is 4.61. The molecule has 28 heavy (non-hydrogen) atoms. The number of ether oxygens (including phenoxy) is 1. The fraction of sp³-hybridized carbons (Fsp3) is 0.250. The summed E-state index contributed by atoms with van der Waals surface area (Å²) < 4.78 is 9.80. The number of nitrogens with one attached hydrogen (secondary N) is 2. The molecule has 0 spiro atoms. The largest absolute Gasteiger partial charge is 0.457 e. The lowest BCUT2D eigenvalue weighted by atomic mass is 10.1. The van der Waals surface area contributed by atoms with Crippen molar-refractivity contribution < 1.29 is 9.53 Å². The molecule has 8 heteroatoms. The Morgan fingerprint density at radius 1 is 1.11 bits per heavy atom. The third-order valence-corrected chi connectivity index (χ3v) is 6.27. The predicted molar refractivity (Wildman–Crippen MR) is 113 cm³/mol. The maximum absolute atomic E-state index is 12.7. The third-order valence-electron chi connectivity index (χ3n) is 4.36. The van der Waals surface area contributed by atoms with Crippen LogP contribution in [0.15, 0.2) is 60.9 Å². The minimum atomic E-state index is -0.211. The minimum Gasteiger partial charge on any atom is -0.457 e. The van der Waals surface area contributed by atoms with Gasteiger partial charge in [-0.3, -0.25) is 4.79 Å². The van der Waals surface area contributed by atoms with Crippen molar-refractivity contribution in [1.82, 2.24) is 14.7 Å². The molecule has 2 N–H and O–H groups in total. The van der Waals surface area contributed by atoms with Crippen LogP contribution >= 0.6 is 23.3 Å². The van der Waals surface area contributed by atoms with E-state index in [0.29, 0.717) is 6.54 Å². The summed E-state index contributed by atoms with van der Waals surface area (Å²) >= 11 is 2.99. The number of carbonyl (C=O) groups is 1. The van der Waals surface area contributed by atoms with E-state index in [0.717, 1.165) is 34.4 Å². The molecule has 2 heterocycles. The Bertz CT molecular complexity index is 888. The lowest BCUT2D eigenvalue weighted by Crippen LogP contribution is -2.40. The van der Waals surface area contributed by atoms with E-state index in [1.54, 1.807) is 11.8 Å². The molecular weight excluding hydrogens is 392 g/mol. The highest BCUT2D eigenvalue weighted by molar-refractivity contribution is 8.00. The lowest BCUT2D eigenvalue weighted by Gasteiger charge is -2.17. The van der Waals surface area contributed by atoms with E-state index in [1.807, 2.05) is 54.6 Å². The maximum Gasteiger partial charge on any atom is 0.237 e. The summed E-state index contributed by atoms with van der Waals surface area (Å²) in [4.78, 5) is 16.9. The quantitative estimate of drug-likeness (QED) is 0.635. The molecule has 3 aromatic rings. The molecule has 6 nitrogen and oxygen atoms in total. The van der Waals surface area contributed by atoms with Gasteiger partial charge in [-0.2, -0.15) is 4.37 Å². The van der Waals surface area contributed by atoms with Crippen LogP contribution in [0.4, 0.5) is 5.13 Å². The van der Waals surface area contributed by atoms with Crippen LogP contribution in [0.1, 0.15) is 17.2 Å². The van der Waals surface area contributed by atoms with Gasteiger partial charge in [-0.05, 0) is 42.0 Å². The van der Waals surface area contributed by atoms with Crippen LogP contribution < -0.4 is 15.4 Å². The second kappa shape index (κ2) is 9.07. The molecule has 0 unspecified atom stereocenters. The number of nitrogens with zero attached hydrogens (tertiary/aromatic N) is 2. The Morgan fingerprint density at radius 3 is 2.64 bits per heavy atom. The van der Waals surface area contributed by atoms with Crippen molar-refractivity contribution in [2.75, 3.05) is 17.6 Å². The van der Waals surface area contributed by atoms with Gasteiger partial charge in [0.05, 0.1) is 0 Å². The molecule has 1 aliphatic heterocycles. The van der Waals surface area contributed by atoms with Crippen molar-refractivity contribution in [3.8, 4) is 11.5 Å². The van der Waals surface area contributed by atoms with E-state index in [1.165, 1.54) is 17.9 Å².